The number of benzene rings is 1. The molecular weight excluding hydrogens is 390 g/mol. The van der Waals surface area contributed by atoms with E-state index < -0.39 is 0 Å². The summed E-state index contributed by atoms with van der Waals surface area (Å²) in [5.74, 6) is 0.517. The summed E-state index contributed by atoms with van der Waals surface area (Å²) in [7, 11) is 0. The largest absolute Gasteiger partial charge is 0.395 e. The third-order valence-electron chi connectivity index (χ3n) is 5.91. The lowest BCUT2D eigenvalue weighted by atomic mass is 10.0. The van der Waals surface area contributed by atoms with E-state index in [9.17, 15) is 14.7 Å². The van der Waals surface area contributed by atoms with Crippen molar-refractivity contribution in [1.82, 2.24) is 9.80 Å². The lowest BCUT2D eigenvalue weighted by molar-refractivity contribution is -0.116. The summed E-state index contributed by atoms with van der Waals surface area (Å²) in [5.41, 5.74) is 2.57. The molecule has 0 spiro atoms. The average Bonchev–Trinajstić information content (AvgIpc) is 2.72. The van der Waals surface area contributed by atoms with E-state index in [4.69, 9.17) is 0 Å². The molecule has 0 aliphatic carbocycles. The molecule has 1 aliphatic rings. The predicted molar refractivity (Wildman–Crippen MR) is 126 cm³/mol. The van der Waals surface area contributed by atoms with E-state index in [0.29, 0.717) is 31.1 Å². The van der Waals surface area contributed by atoms with Crippen LogP contribution in [0.1, 0.15) is 75.7 Å². The van der Waals surface area contributed by atoms with Crippen LogP contribution in [0.5, 0.6) is 0 Å². The highest BCUT2D eigenvalue weighted by Gasteiger charge is 2.21. The molecule has 6 nitrogen and oxygen atoms in total. The molecule has 1 aromatic carbocycles. The Hall–Kier alpha value is -1.92. The molecule has 31 heavy (non-hydrogen) atoms. The van der Waals surface area contributed by atoms with Crippen molar-refractivity contribution >= 4 is 17.5 Å². The standard InChI is InChI=1S/C25H41N3O3/c1-5-27(15-16-29)25(31)22-11-12-24-23(17-22)19-26(18-20(2)3)13-9-7-6-8-10-14-28(24)21(4)30/h11-12,17,20,29H,5-10,13-16,18-19H2,1-4H3. The van der Waals surface area contributed by atoms with E-state index in [0.717, 1.165) is 43.7 Å². The topological polar surface area (TPSA) is 64.1 Å². The van der Waals surface area contributed by atoms with Gasteiger partial charge < -0.3 is 14.9 Å². The van der Waals surface area contributed by atoms with E-state index in [-0.39, 0.29) is 18.4 Å². The molecule has 0 bridgehead atoms. The molecule has 0 unspecified atom stereocenters. The average molecular weight is 432 g/mol. The van der Waals surface area contributed by atoms with Crippen LogP contribution < -0.4 is 4.90 Å². The van der Waals surface area contributed by atoms with Gasteiger partial charge in [-0.05, 0) is 56.0 Å². The first-order chi connectivity index (χ1) is 14.9. The minimum Gasteiger partial charge on any atom is -0.395 e. The van der Waals surface area contributed by atoms with Crippen molar-refractivity contribution in [2.75, 3.05) is 44.2 Å². The smallest absolute Gasteiger partial charge is 0.253 e. The number of carbonyl (C=O) groups is 2. The quantitative estimate of drug-likeness (QED) is 0.742. The number of likely N-dealkylation sites (N-methyl/N-ethyl adjacent to an activating group) is 1. The molecule has 1 aromatic rings. The highest BCUT2D eigenvalue weighted by molar-refractivity contribution is 5.97. The fourth-order valence-corrected chi connectivity index (χ4v) is 4.39. The summed E-state index contributed by atoms with van der Waals surface area (Å²) >= 11 is 0. The monoisotopic (exact) mass is 431 g/mol. The molecule has 2 amide bonds. The number of aliphatic hydroxyl groups excluding tert-OH is 1. The number of hydrogen-bond donors (Lipinski definition) is 1. The number of nitrogens with zero attached hydrogens (tertiary/aromatic N) is 3. The second kappa shape index (κ2) is 12.8. The Balaban J connectivity index is 2.46. The van der Waals surface area contributed by atoms with Crippen LogP contribution in [-0.2, 0) is 11.3 Å². The number of hydrogen-bond acceptors (Lipinski definition) is 4. The molecule has 0 saturated carbocycles. The molecule has 0 aromatic heterocycles. The summed E-state index contributed by atoms with van der Waals surface area (Å²) in [6, 6.07) is 5.73. The van der Waals surface area contributed by atoms with Crippen LogP contribution in [0.2, 0.25) is 0 Å². The van der Waals surface area contributed by atoms with Crippen molar-refractivity contribution in [3.63, 3.8) is 0 Å². The first-order valence-corrected chi connectivity index (χ1v) is 11.9. The fourth-order valence-electron chi connectivity index (χ4n) is 4.39. The van der Waals surface area contributed by atoms with Gasteiger partial charge in [-0.15, -0.1) is 0 Å². The van der Waals surface area contributed by atoms with Gasteiger partial charge in [0.15, 0.2) is 0 Å². The molecule has 2 rings (SSSR count). The summed E-state index contributed by atoms with van der Waals surface area (Å²) in [6.07, 6.45) is 5.73. The third-order valence-corrected chi connectivity index (χ3v) is 5.91. The third kappa shape index (κ3) is 7.62. The van der Waals surface area contributed by atoms with Crippen LogP contribution in [0.25, 0.3) is 0 Å². The van der Waals surface area contributed by atoms with Crippen molar-refractivity contribution in [1.29, 1.82) is 0 Å². The van der Waals surface area contributed by atoms with Crippen LogP contribution in [-0.4, -0.2) is 66.1 Å². The number of carbonyl (C=O) groups excluding carboxylic acids is 2. The van der Waals surface area contributed by atoms with Gasteiger partial charge in [0.05, 0.1) is 6.61 Å². The van der Waals surface area contributed by atoms with Crippen molar-refractivity contribution in [3.8, 4) is 0 Å². The van der Waals surface area contributed by atoms with Gasteiger partial charge >= 0.3 is 0 Å². The maximum Gasteiger partial charge on any atom is 0.253 e. The van der Waals surface area contributed by atoms with Crippen LogP contribution in [0, 0.1) is 5.92 Å². The van der Waals surface area contributed by atoms with Gasteiger partial charge in [-0.2, -0.15) is 0 Å². The second-order valence-electron chi connectivity index (χ2n) is 9.02. The van der Waals surface area contributed by atoms with Gasteiger partial charge in [-0.25, -0.2) is 0 Å². The molecule has 0 atom stereocenters. The molecule has 0 radical (unpaired) electrons. The predicted octanol–water partition coefficient (Wildman–Crippen LogP) is 3.92. The maximum atomic E-state index is 13.0. The number of fused-ring (bicyclic) bond motifs is 1. The normalized spacial score (nSPS) is 16.4. The minimum atomic E-state index is -0.0738. The second-order valence-corrected chi connectivity index (χ2v) is 9.02. The Labute approximate surface area is 188 Å². The molecule has 0 saturated heterocycles. The Kier molecular flexibility index (Phi) is 10.5. The zero-order chi connectivity index (χ0) is 22.8. The van der Waals surface area contributed by atoms with Gasteiger partial charge in [0, 0.05) is 50.9 Å². The Bertz CT molecular complexity index is 720. The minimum absolute atomic E-state index is 0.0447. The first-order valence-electron chi connectivity index (χ1n) is 11.9. The van der Waals surface area contributed by atoms with Gasteiger partial charge in [-0.1, -0.05) is 33.1 Å². The van der Waals surface area contributed by atoms with Crippen molar-refractivity contribution in [3.05, 3.63) is 29.3 Å². The highest BCUT2D eigenvalue weighted by atomic mass is 16.3. The lowest BCUT2D eigenvalue weighted by Crippen LogP contribution is -2.35. The summed E-state index contributed by atoms with van der Waals surface area (Å²) in [5, 5.41) is 9.30. The maximum absolute atomic E-state index is 13.0. The zero-order valence-electron chi connectivity index (χ0n) is 19.9. The van der Waals surface area contributed by atoms with E-state index in [2.05, 4.69) is 18.7 Å². The molecule has 6 heteroatoms. The van der Waals surface area contributed by atoms with Crippen LogP contribution >= 0.6 is 0 Å². The van der Waals surface area contributed by atoms with Crippen molar-refractivity contribution < 1.29 is 14.7 Å². The number of amides is 2. The summed E-state index contributed by atoms with van der Waals surface area (Å²) in [6.45, 7) is 12.3. The highest BCUT2D eigenvalue weighted by Crippen LogP contribution is 2.27. The van der Waals surface area contributed by atoms with Crippen LogP contribution in [0.15, 0.2) is 18.2 Å². The molecule has 1 heterocycles. The van der Waals surface area contributed by atoms with Gasteiger partial charge in [0.2, 0.25) is 5.91 Å². The molecule has 1 N–H and O–H groups in total. The van der Waals surface area contributed by atoms with Crippen LogP contribution in [0.4, 0.5) is 5.69 Å². The Morgan fingerprint density at radius 2 is 1.77 bits per heavy atom. The first kappa shape index (κ1) is 25.3. The fraction of sp³-hybridized carbons (Fsp3) is 0.680. The van der Waals surface area contributed by atoms with Crippen LogP contribution in [0.3, 0.4) is 0 Å². The number of anilines is 1. The Morgan fingerprint density at radius 3 is 2.39 bits per heavy atom. The Morgan fingerprint density at radius 1 is 1.10 bits per heavy atom. The van der Waals surface area contributed by atoms with Crippen molar-refractivity contribution in [2.45, 2.75) is 66.3 Å². The molecule has 174 valence electrons. The number of aliphatic hydroxyl groups is 1. The summed E-state index contributed by atoms with van der Waals surface area (Å²) in [4.78, 5) is 31.5. The summed E-state index contributed by atoms with van der Waals surface area (Å²) < 4.78 is 0. The SMILES string of the molecule is CCN(CCO)C(=O)c1ccc2c(c1)CN(CC(C)C)CCCCCCCN2C(C)=O. The zero-order valence-corrected chi connectivity index (χ0v) is 19.9. The van der Waals surface area contributed by atoms with Gasteiger partial charge in [0.25, 0.3) is 5.91 Å². The van der Waals surface area contributed by atoms with Gasteiger partial charge in [-0.3, -0.25) is 14.5 Å². The lowest BCUT2D eigenvalue weighted by Gasteiger charge is -2.30. The molecule has 0 fully saturated rings. The van der Waals surface area contributed by atoms with Crippen molar-refractivity contribution in [2.24, 2.45) is 5.92 Å². The van der Waals surface area contributed by atoms with E-state index in [1.165, 1.54) is 19.3 Å². The van der Waals surface area contributed by atoms with E-state index in [1.54, 1.807) is 11.8 Å². The van der Waals surface area contributed by atoms with E-state index >= 15 is 0 Å². The molecule has 1 aliphatic heterocycles. The van der Waals surface area contributed by atoms with E-state index in [1.807, 2.05) is 30.0 Å². The molecular formula is C25H41N3O3. The van der Waals surface area contributed by atoms with Gasteiger partial charge in [0.1, 0.15) is 0 Å². The number of rotatable bonds is 6.